The molecule has 7 heteroatoms. The van der Waals surface area contributed by atoms with Gasteiger partial charge in [-0.15, -0.1) is 0 Å². The number of rotatable bonds is 7. The SMILES string of the molecule is COCC[C@]1(CO)CCCN(C(=O)CCn2cc(Cl)cn2)C1. The first kappa shape index (κ1) is 17.2. The number of hydrogen-bond donors (Lipinski definition) is 1. The summed E-state index contributed by atoms with van der Waals surface area (Å²) in [6, 6.07) is 0. The first-order valence-corrected chi connectivity index (χ1v) is 8.02. The van der Waals surface area contributed by atoms with Crippen LogP contribution in [0.2, 0.25) is 5.02 Å². The van der Waals surface area contributed by atoms with Crippen LogP contribution >= 0.6 is 11.6 Å². The van der Waals surface area contributed by atoms with Gasteiger partial charge in [-0.25, -0.2) is 0 Å². The molecule has 0 unspecified atom stereocenters. The van der Waals surface area contributed by atoms with Gasteiger partial charge >= 0.3 is 0 Å². The maximum atomic E-state index is 12.4. The maximum absolute atomic E-state index is 12.4. The van der Waals surface area contributed by atoms with Crippen molar-refractivity contribution < 1.29 is 14.6 Å². The number of nitrogens with zero attached hydrogens (tertiary/aromatic N) is 3. The van der Waals surface area contributed by atoms with Crippen molar-refractivity contribution in [3.63, 3.8) is 0 Å². The Hall–Kier alpha value is -1.11. The van der Waals surface area contributed by atoms with Gasteiger partial charge in [-0.2, -0.15) is 5.10 Å². The van der Waals surface area contributed by atoms with Crippen molar-refractivity contribution in [2.75, 3.05) is 33.4 Å². The summed E-state index contributed by atoms with van der Waals surface area (Å²) >= 11 is 5.81. The predicted molar refractivity (Wildman–Crippen MR) is 83.7 cm³/mol. The highest BCUT2D eigenvalue weighted by Gasteiger charge is 2.36. The van der Waals surface area contributed by atoms with E-state index in [1.54, 1.807) is 24.2 Å². The van der Waals surface area contributed by atoms with Gasteiger partial charge in [0.25, 0.3) is 0 Å². The van der Waals surface area contributed by atoms with E-state index >= 15 is 0 Å². The molecule has 1 amide bonds. The average Bonchev–Trinajstić information content (AvgIpc) is 2.96. The Labute approximate surface area is 136 Å². The maximum Gasteiger partial charge on any atom is 0.224 e. The molecule has 1 aliphatic rings. The van der Waals surface area contributed by atoms with Gasteiger partial charge < -0.3 is 14.7 Å². The van der Waals surface area contributed by atoms with Crippen LogP contribution in [-0.2, 0) is 16.1 Å². The molecule has 0 saturated carbocycles. The zero-order valence-corrected chi connectivity index (χ0v) is 13.8. The Morgan fingerprint density at radius 1 is 1.59 bits per heavy atom. The lowest BCUT2D eigenvalue weighted by Crippen LogP contribution is -2.48. The Bertz CT molecular complexity index is 494. The van der Waals surface area contributed by atoms with Gasteiger partial charge in [0.1, 0.15) is 0 Å². The minimum atomic E-state index is -0.223. The van der Waals surface area contributed by atoms with Crippen LogP contribution in [0.25, 0.3) is 0 Å². The summed E-state index contributed by atoms with van der Waals surface area (Å²) in [6.45, 7) is 2.58. The van der Waals surface area contributed by atoms with Gasteiger partial charge in [0.05, 0.1) is 17.8 Å². The van der Waals surface area contributed by atoms with E-state index in [1.165, 1.54) is 0 Å². The summed E-state index contributed by atoms with van der Waals surface area (Å²) in [5.41, 5.74) is -0.223. The Balaban J connectivity index is 1.88. The van der Waals surface area contributed by atoms with Crippen molar-refractivity contribution in [3.8, 4) is 0 Å². The second-order valence-corrected chi connectivity index (χ2v) is 6.43. The molecule has 0 bridgehead atoms. The molecule has 0 radical (unpaired) electrons. The Morgan fingerprint density at radius 3 is 3.05 bits per heavy atom. The monoisotopic (exact) mass is 329 g/mol. The number of aromatic nitrogens is 2. The summed E-state index contributed by atoms with van der Waals surface area (Å²) < 4.78 is 6.81. The lowest BCUT2D eigenvalue weighted by atomic mass is 9.78. The summed E-state index contributed by atoms with van der Waals surface area (Å²) in [6.07, 6.45) is 6.30. The number of aliphatic hydroxyl groups excluding tert-OH is 1. The molecule has 1 aromatic rings. The van der Waals surface area contributed by atoms with Crippen LogP contribution in [0.15, 0.2) is 12.4 Å². The van der Waals surface area contributed by atoms with Crippen molar-refractivity contribution in [1.82, 2.24) is 14.7 Å². The number of halogens is 1. The van der Waals surface area contributed by atoms with E-state index in [0.29, 0.717) is 31.1 Å². The zero-order valence-electron chi connectivity index (χ0n) is 13.0. The molecule has 1 aliphatic heterocycles. The standard InChI is InChI=1S/C15H24ClN3O3/c1-22-8-5-15(12-20)4-2-6-18(11-15)14(21)3-7-19-10-13(16)9-17-19/h9-10,20H,2-8,11-12H2,1H3/t15-/m1/s1. The molecular weight excluding hydrogens is 306 g/mol. The van der Waals surface area contributed by atoms with E-state index in [1.807, 2.05) is 4.90 Å². The lowest BCUT2D eigenvalue weighted by molar-refractivity contribution is -0.136. The molecule has 0 spiro atoms. The molecule has 1 atom stereocenters. The molecule has 6 nitrogen and oxygen atoms in total. The minimum Gasteiger partial charge on any atom is -0.396 e. The smallest absolute Gasteiger partial charge is 0.224 e. The quantitative estimate of drug-likeness (QED) is 0.824. The Morgan fingerprint density at radius 2 is 2.41 bits per heavy atom. The normalized spacial score (nSPS) is 22.0. The zero-order chi connectivity index (χ0) is 16.0. The van der Waals surface area contributed by atoms with Crippen molar-refractivity contribution >= 4 is 17.5 Å². The molecule has 0 aliphatic carbocycles. The molecule has 1 N–H and O–H groups in total. The minimum absolute atomic E-state index is 0.0922. The molecule has 1 fully saturated rings. The van der Waals surface area contributed by atoms with Crippen LogP contribution in [0, 0.1) is 5.41 Å². The highest BCUT2D eigenvalue weighted by atomic mass is 35.5. The van der Waals surface area contributed by atoms with Crippen molar-refractivity contribution in [1.29, 1.82) is 0 Å². The number of hydrogen-bond acceptors (Lipinski definition) is 4. The number of ether oxygens (including phenoxy) is 1. The third-order valence-electron chi connectivity index (χ3n) is 4.34. The van der Waals surface area contributed by atoms with Gasteiger partial charge in [0.15, 0.2) is 0 Å². The largest absolute Gasteiger partial charge is 0.396 e. The molecule has 0 aromatic carbocycles. The highest BCUT2D eigenvalue weighted by molar-refractivity contribution is 6.30. The van der Waals surface area contributed by atoms with Crippen LogP contribution in [0.5, 0.6) is 0 Å². The van der Waals surface area contributed by atoms with Gasteiger partial charge in [0.2, 0.25) is 5.91 Å². The first-order valence-electron chi connectivity index (χ1n) is 7.64. The van der Waals surface area contributed by atoms with E-state index in [2.05, 4.69) is 5.10 Å². The van der Waals surface area contributed by atoms with Crippen molar-refractivity contribution in [2.24, 2.45) is 5.41 Å². The fourth-order valence-electron chi connectivity index (χ4n) is 2.98. The van der Waals surface area contributed by atoms with Crippen molar-refractivity contribution in [3.05, 3.63) is 17.4 Å². The molecule has 22 heavy (non-hydrogen) atoms. The second kappa shape index (κ2) is 7.94. The summed E-state index contributed by atoms with van der Waals surface area (Å²) in [5, 5.41) is 14.4. The number of carbonyl (C=O) groups excluding carboxylic acids is 1. The fraction of sp³-hybridized carbons (Fsp3) is 0.733. The third-order valence-corrected chi connectivity index (χ3v) is 4.54. The number of amides is 1. The van der Waals surface area contributed by atoms with Gasteiger partial charge in [-0.05, 0) is 19.3 Å². The summed E-state index contributed by atoms with van der Waals surface area (Å²) in [4.78, 5) is 14.3. The van der Waals surface area contributed by atoms with Gasteiger partial charge in [0, 0.05) is 51.4 Å². The number of carbonyl (C=O) groups is 1. The highest BCUT2D eigenvalue weighted by Crippen LogP contribution is 2.33. The van der Waals surface area contributed by atoms with Gasteiger partial charge in [-0.3, -0.25) is 9.48 Å². The number of aryl methyl sites for hydroxylation is 1. The number of piperidine rings is 1. The predicted octanol–water partition coefficient (Wildman–Crippen LogP) is 1.56. The van der Waals surface area contributed by atoms with Crippen LogP contribution in [0.1, 0.15) is 25.7 Å². The van der Waals surface area contributed by atoms with E-state index in [9.17, 15) is 9.90 Å². The topological polar surface area (TPSA) is 67.6 Å². The summed E-state index contributed by atoms with van der Waals surface area (Å²) in [5.74, 6) is 0.0987. The molecule has 124 valence electrons. The number of aliphatic hydroxyl groups is 1. The number of methoxy groups -OCH3 is 1. The molecule has 2 heterocycles. The van der Waals surface area contributed by atoms with Crippen LogP contribution in [0.3, 0.4) is 0 Å². The van der Waals surface area contributed by atoms with Crippen LogP contribution < -0.4 is 0 Å². The van der Waals surface area contributed by atoms with E-state index in [4.69, 9.17) is 16.3 Å². The van der Waals surface area contributed by atoms with Gasteiger partial charge in [-0.1, -0.05) is 11.6 Å². The van der Waals surface area contributed by atoms with E-state index in [-0.39, 0.29) is 17.9 Å². The molecular formula is C15H24ClN3O3. The lowest BCUT2D eigenvalue weighted by Gasteiger charge is -2.42. The second-order valence-electron chi connectivity index (χ2n) is 5.99. The molecule has 2 rings (SSSR count). The molecule has 1 saturated heterocycles. The average molecular weight is 330 g/mol. The third kappa shape index (κ3) is 4.44. The fourth-order valence-corrected chi connectivity index (χ4v) is 3.14. The van der Waals surface area contributed by atoms with Crippen molar-refractivity contribution in [2.45, 2.75) is 32.2 Å². The van der Waals surface area contributed by atoms with E-state index < -0.39 is 0 Å². The van der Waals surface area contributed by atoms with Crippen LogP contribution in [0.4, 0.5) is 0 Å². The number of likely N-dealkylation sites (tertiary alicyclic amines) is 1. The van der Waals surface area contributed by atoms with E-state index in [0.717, 1.165) is 25.8 Å². The molecule has 1 aromatic heterocycles. The first-order chi connectivity index (χ1) is 10.6. The summed E-state index contributed by atoms with van der Waals surface area (Å²) in [7, 11) is 1.66. The van der Waals surface area contributed by atoms with Crippen LogP contribution in [-0.4, -0.2) is 59.1 Å². The Kier molecular flexibility index (Phi) is 6.23.